The molecule has 5 heteroatoms. The lowest BCUT2D eigenvalue weighted by Gasteiger charge is -2.53. The van der Waals surface area contributed by atoms with Gasteiger partial charge < -0.3 is 14.4 Å². The van der Waals surface area contributed by atoms with Gasteiger partial charge in [-0.1, -0.05) is 37.3 Å². The highest BCUT2D eigenvalue weighted by Crippen LogP contribution is 2.43. The number of carbonyl (C=O) groups is 2. The Morgan fingerprint density at radius 3 is 2.41 bits per heavy atom. The molecule has 2 rings (SSSR count). The van der Waals surface area contributed by atoms with Crippen LogP contribution in [0.4, 0.5) is 0 Å². The van der Waals surface area contributed by atoms with Crippen molar-refractivity contribution in [3.05, 3.63) is 35.9 Å². The molecule has 3 atom stereocenters. The van der Waals surface area contributed by atoms with E-state index in [9.17, 15) is 9.59 Å². The average Bonchev–Trinajstić information content (AvgIpc) is 2.56. The smallest absolute Gasteiger partial charge is 0.320 e. The van der Waals surface area contributed by atoms with Crippen LogP contribution in [0.3, 0.4) is 0 Å². The highest BCUT2D eigenvalue weighted by molar-refractivity contribution is 6.04. The molecule has 1 amide bonds. The Morgan fingerprint density at radius 1 is 1.27 bits per heavy atom. The molecule has 0 saturated carbocycles. The fraction of sp³-hybridized carbons (Fsp3) is 0.529. The standard InChI is InChI=1S/C17H23NO4/c1-5-11-18-14(13(15(18)19)16(20)21-3)17(2,22-4)12-9-7-6-8-10-12/h6-10,13-14H,5,11H2,1-4H3/t13-,14+,17?/m1/s1. The topological polar surface area (TPSA) is 55.8 Å². The Bertz CT molecular complexity index is 545. The largest absolute Gasteiger partial charge is 0.468 e. The van der Waals surface area contributed by atoms with Crippen LogP contribution in [0.2, 0.25) is 0 Å². The second-order valence-electron chi connectivity index (χ2n) is 5.65. The van der Waals surface area contributed by atoms with Crippen molar-refractivity contribution in [3.8, 4) is 0 Å². The van der Waals surface area contributed by atoms with Gasteiger partial charge in [0.05, 0.1) is 13.2 Å². The highest BCUT2D eigenvalue weighted by Gasteiger charge is 2.60. The minimum absolute atomic E-state index is 0.182. The summed E-state index contributed by atoms with van der Waals surface area (Å²) < 4.78 is 10.6. The number of nitrogens with zero attached hydrogens (tertiary/aromatic N) is 1. The van der Waals surface area contributed by atoms with E-state index in [-0.39, 0.29) is 11.9 Å². The number of ether oxygens (including phenoxy) is 2. The fourth-order valence-electron chi connectivity index (χ4n) is 3.19. The number of carbonyl (C=O) groups excluding carboxylic acids is 2. The van der Waals surface area contributed by atoms with Crippen molar-refractivity contribution in [1.82, 2.24) is 4.90 Å². The van der Waals surface area contributed by atoms with Gasteiger partial charge in [0.15, 0.2) is 5.92 Å². The zero-order chi connectivity index (χ0) is 16.3. The van der Waals surface area contributed by atoms with Crippen molar-refractivity contribution >= 4 is 11.9 Å². The van der Waals surface area contributed by atoms with Crippen LogP contribution in [-0.4, -0.2) is 43.6 Å². The summed E-state index contributed by atoms with van der Waals surface area (Å²) >= 11 is 0. The predicted molar refractivity (Wildman–Crippen MR) is 82.1 cm³/mol. The Morgan fingerprint density at radius 2 is 1.91 bits per heavy atom. The lowest BCUT2D eigenvalue weighted by Crippen LogP contribution is -2.70. The van der Waals surface area contributed by atoms with E-state index >= 15 is 0 Å². The van der Waals surface area contributed by atoms with Crippen LogP contribution in [0, 0.1) is 5.92 Å². The van der Waals surface area contributed by atoms with Gasteiger partial charge in [0, 0.05) is 13.7 Å². The van der Waals surface area contributed by atoms with Gasteiger partial charge in [-0.15, -0.1) is 0 Å². The van der Waals surface area contributed by atoms with Gasteiger partial charge in [0.1, 0.15) is 5.60 Å². The summed E-state index contributed by atoms with van der Waals surface area (Å²) in [5, 5.41) is 0. The normalized spacial score (nSPS) is 23.6. The Balaban J connectivity index is 2.42. The molecule has 0 spiro atoms. The van der Waals surface area contributed by atoms with Gasteiger partial charge in [-0.3, -0.25) is 9.59 Å². The molecular formula is C17H23NO4. The van der Waals surface area contributed by atoms with E-state index in [1.165, 1.54) is 7.11 Å². The molecular weight excluding hydrogens is 282 g/mol. The molecule has 120 valence electrons. The Kier molecular flexibility index (Phi) is 4.86. The van der Waals surface area contributed by atoms with Gasteiger partial charge in [0.25, 0.3) is 0 Å². The molecule has 0 bridgehead atoms. The molecule has 1 heterocycles. The van der Waals surface area contributed by atoms with Gasteiger partial charge >= 0.3 is 5.97 Å². The molecule has 1 aliphatic rings. The SMILES string of the molecule is CCCN1C(=O)[C@H](C(=O)OC)[C@H]1C(C)(OC)c1ccccc1. The summed E-state index contributed by atoms with van der Waals surface area (Å²) in [5.41, 5.74) is 0.174. The van der Waals surface area contributed by atoms with Gasteiger partial charge in [-0.05, 0) is 18.9 Å². The minimum Gasteiger partial charge on any atom is -0.468 e. The third-order valence-corrected chi connectivity index (χ3v) is 4.46. The quantitative estimate of drug-likeness (QED) is 0.458. The summed E-state index contributed by atoms with van der Waals surface area (Å²) in [7, 11) is 2.91. The lowest BCUT2D eigenvalue weighted by molar-refractivity contribution is -0.192. The molecule has 22 heavy (non-hydrogen) atoms. The first kappa shape index (κ1) is 16.5. The van der Waals surface area contributed by atoms with E-state index in [4.69, 9.17) is 9.47 Å². The molecule has 1 saturated heterocycles. The number of rotatable bonds is 6. The Hall–Kier alpha value is -1.88. The number of esters is 1. The zero-order valence-electron chi connectivity index (χ0n) is 13.5. The van der Waals surface area contributed by atoms with Crippen molar-refractivity contribution in [1.29, 1.82) is 0 Å². The van der Waals surface area contributed by atoms with E-state index in [0.29, 0.717) is 6.54 Å². The fourth-order valence-corrected chi connectivity index (χ4v) is 3.19. The Labute approximate surface area is 131 Å². The molecule has 0 aliphatic carbocycles. The monoisotopic (exact) mass is 305 g/mol. The van der Waals surface area contributed by atoms with Crippen molar-refractivity contribution in [2.24, 2.45) is 5.92 Å². The first-order valence-electron chi connectivity index (χ1n) is 7.50. The van der Waals surface area contributed by atoms with Crippen molar-refractivity contribution in [2.75, 3.05) is 20.8 Å². The number of methoxy groups -OCH3 is 2. The van der Waals surface area contributed by atoms with E-state index in [2.05, 4.69) is 0 Å². The number of benzene rings is 1. The maximum Gasteiger partial charge on any atom is 0.320 e. The van der Waals surface area contributed by atoms with Crippen LogP contribution < -0.4 is 0 Å². The number of amides is 1. The predicted octanol–water partition coefficient (Wildman–Crippen LogP) is 1.96. The third kappa shape index (κ3) is 2.50. The van der Waals surface area contributed by atoms with Crippen molar-refractivity contribution < 1.29 is 19.1 Å². The number of likely N-dealkylation sites (tertiary alicyclic amines) is 1. The highest BCUT2D eigenvalue weighted by atomic mass is 16.5. The lowest BCUT2D eigenvalue weighted by atomic mass is 9.73. The maximum atomic E-state index is 12.3. The van der Waals surface area contributed by atoms with Crippen LogP contribution >= 0.6 is 0 Å². The van der Waals surface area contributed by atoms with E-state index in [1.807, 2.05) is 44.2 Å². The second-order valence-corrected chi connectivity index (χ2v) is 5.65. The van der Waals surface area contributed by atoms with Gasteiger partial charge in [0.2, 0.25) is 5.91 Å². The first-order valence-corrected chi connectivity index (χ1v) is 7.50. The number of hydrogen-bond donors (Lipinski definition) is 0. The maximum absolute atomic E-state index is 12.3. The molecule has 0 radical (unpaired) electrons. The summed E-state index contributed by atoms with van der Waals surface area (Å²) in [6.45, 7) is 4.52. The summed E-state index contributed by atoms with van der Waals surface area (Å²) in [4.78, 5) is 26.1. The van der Waals surface area contributed by atoms with E-state index < -0.39 is 17.5 Å². The van der Waals surface area contributed by atoms with E-state index in [0.717, 1.165) is 12.0 Å². The molecule has 1 aliphatic heterocycles. The van der Waals surface area contributed by atoms with Gasteiger partial charge in [-0.25, -0.2) is 0 Å². The van der Waals surface area contributed by atoms with Crippen LogP contribution in [0.1, 0.15) is 25.8 Å². The molecule has 0 aromatic heterocycles. The van der Waals surface area contributed by atoms with Crippen LogP contribution in [-0.2, 0) is 24.7 Å². The summed E-state index contributed by atoms with van der Waals surface area (Å²) in [6.07, 6.45) is 0.824. The van der Waals surface area contributed by atoms with Gasteiger partial charge in [-0.2, -0.15) is 0 Å². The molecule has 1 unspecified atom stereocenters. The van der Waals surface area contributed by atoms with Crippen LogP contribution in [0.15, 0.2) is 30.3 Å². The minimum atomic E-state index is -0.804. The number of hydrogen-bond acceptors (Lipinski definition) is 4. The van der Waals surface area contributed by atoms with Crippen LogP contribution in [0.5, 0.6) is 0 Å². The number of β-lactam (4-membered cyclic amide) rings is 1. The molecule has 0 N–H and O–H groups in total. The van der Waals surface area contributed by atoms with Crippen LogP contribution in [0.25, 0.3) is 0 Å². The summed E-state index contributed by atoms with van der Waals surface area (Å²) in [5.74, 6) is -1.49. The third-order valence-electron chi connectivity index (χ3n) is 4.46. The average molecular weight is 305 g/mol. The summed E-state index contributed by atoms with van der Waals surface area (Å²) in [6, 6.07) is 9.30. The molecule has 1 fully saturated rings. The van der Waals surface area contributed by atoms with E-state index in [1.54, 1.807) is 12.0 Å². The molecule has 1 aromatic carbocycles. The molecule has 1 aromatic rings. The van der Waals surface area contributed by atoms with Crippen molar-refractivity contribution in [2.45, 2.75) is 31.9 Å². The first-order chi connectivity index (χ1) is 10.5. The van der Waals surface area contributed by atoms with Crippen molar-refractivity contribution in [3.63, 3.8) is 0 Å². The zero-order valence-corrected chi connectivity index (χ0v) is 13.5. The second kappa shape index (κ2) is 6.48. The molecule has 5 nitrogen and oxygen atoms in total.